The molecule has 0 aromatic carbocycles. The van der Waals surface area contributed by atoms with Crippen molar-refractivity contribution in [2.45, 2.75) is 53.3 Å². The Balaban J connectivity index is 2.70. The highest BCUT2D eigenvalue weighted by Gasteiger charge is 2.43. The van der Waals surface area contributed by atoms with E-state index in [-0.39, 0.29) is 16.9 Å². The third kappa shape index (κ3) is 2.47. The molecule has 0 aromatic rings. The van der Waals surface area contributed by atoms with Crippen molar-refractivity contribution in [3.8, 4) is 0 Å². The average molecular weight is 201 g/mol. The molecule has 1 aliphatic rings. The first-order valence-electron chi connectivity index (χ1n) is 5.51. The first-order valence-corrected chi connectivity index (χ1v) is 5.51. The van der Waals surface area contributed by atoms with Crippen LogP contribution in [0.4, 0.5) is 4.39 Å². The summed E-state index contributed by atoms with van der Waals surface area (Å²) in [6, 6.07) is 0. The van der Waals surface area contributed by atoms with Crippen molar-refractivity contribution in [1.29, 1.82) is 0 Å². The van der Waals surface area contributed by atoms with E-state index >= 15 is 0 Å². The summed E-state index contributed by atoms with van der Waals surface area (Å²) in [5.41, 5.74) is 0.184. The lowest BCUT2D eigenvalue weighted by Gasteiger charge is -2.33. The SMILES string of the molecule is CC(C)(C)C1CN(C(C)(C)C)C[C@@H]1F. The monoisotopic (exact) mass is 201 g/mol. The summed E-state index contributed by atoms with van der Waals surface area (Å²) >= 11 is 0. The Morgan fingerprint density at radius 2 is 1.50 bits per heavy atom. The minimum atomic E-state index is -0.658. The minimum Gasteiger partial charge on any atom is -0.295 e. The Kier molecular flexibility index (Phi) is 2.97. The number of hydrogen-bond donors (Lipinski definition) is 0. The standard InChI is InChI=1S/C12H24FN/c1-11(2,3)9-7-14(8-10(9)13)12(4,5)6/h9-10H,7-8H2,1-6H3/t9?,10-/m0/s1. The molecule has 0 amide bonds. The molecule has 84 valence electrons. The number of rotatable bonds is 0. The van der Waals surface area contributed by atoms with Crippen LogP contribution in [0.25, 0.3) is 0 Å². The van der Waals surface area contributed by atoms with E-state index in [4.69, 9.17) is 0 Å². The molecule has 1 aliphatic heterocycles. The molecule has 14 heavy (non-hydrogen) atoms. The highest BCUT2D eigenvalue weighted by atomic mass is 19.1. The maximum atomic E-state index is 13.8. The largest absolute Gasteiger partial charge is 0.295 e. The molecule has 2 atom stereocenters. The van der Waals surface area contributed by atoms with E-state index in [0.717, 1.165) is 6.54 Å². The molecule has 1 heterocycles. The van der Waals surface area contributed by atoms with Crippen molar-refractivity contribution in [3.05, 3.63) is 0 Å². The van der Waals surface area contributed by atoms with Crippen LogP contribution in [0.2, 0.25) is 0 Å². The average Bonchev–Trinajstić information content (AvgIpc) is 2.27. The summed E-state index contributed by atoms with van der Waals surface area (Å²) in [6.07, 6.45) is -0.658. The lowest BCUT2D eigenvalue weighted by molar-refractivity contribution is 0.145. The summed E-state index contributed by atoms with van der Waals surface area (Å²) in [6.45, 7) is 14.4. The van der Waals surface area contributed by atoms with Gasteiger partial charge in [-0.05, 0) is 26.2 Å². The predicted molar refractivity (Wildman–Crippen MR) is 59.2 cm³/mol. The van der Waals surface area contributed by atoms with E-state index in [0.29, 0.717) is 6.54 Å². The van der Waals surface area contributed by atoms with Gasteiger partial charge in [-0.15, -0.1) is 0 Å². The third-order valence-electron chi connectivity index (χ3n) is 3.31. The van der Waals surface area contributed by atoms with Crippen LogP contribution >= 0.6 is 0 Å². The van der Waals surface area contributed by atoms with Gasteiger partial charge in [0.1, 0.15) is 6.17 Å². The number of likely N-dealkylation sites (tertiary alicyclic amines) is 1. The van der Waals surface area contributed by atoms with Crippen LogP contribution in [-0.2, 0) is 0 Å². The Bertz CT molecular complexity index is 199. The molecule has 1 nitrogen and oxygen atoms in total. The maximum Gasteiger partial charge on any atom is 0.117 e. The summed E-state index contributed by atoms with van der Waals surface area (Å²) in [4.78, 5) is 2.26. The fourth-order valence-electron chi connectivity index (χ4n) is 2.13. The molecule has 0 saturated carbocycles. The van der Waals surface area contributed by atoms with Crippen molar-refractivity contribution in [2.24, 2.45) is 11.3 Å². The summed E-state index contributed by atoms with van der Waals surface area (Å²) in [5.74, 6) is 0.182. The Labute approximate surface area is 87.7 Å². The molecule has 0 aliphatic carbocycles. The minimum absolute atomic E-state index is 0.0828. The van der Waals surface area contributed by atoms with Crippen molar-refractivity contribution in [2.75, 3.05) is 13.1 Å². The number of nitrogens with zero attached hydrogens (tertiary/aromatic N) is 1. The summed E-state index contributed by atoms with van der Waals surface area (Å²) in [7, 11) is 0. The van der Waals surface area contributed by atoms with Gasteiger partial charge in [-0.3, -0.25) is 4.90 Å². The molecular weight excluding hydrogens is 177 g/mol. The molecule has 0 aromatic heterocycles. The molecule has 0 radical (unpaired) electrons. The second-order valence-corrected chi connectivity index (χ2v) is 6.56. The van der Waals surface area contributed by atoms with Gasteiger partial charge < -0.3 is 0 Å². The number of alkyl halides is 1. The first-order chi connectivity index (χ1) is 6.12. The van der Waals surface area contributed by atoms with Gasteiger partial charge >= 0.3 is 0 Å². The molecular formula is C12H24FN. The number of halogens is 1. The first kappa shape index (κ1) is 12.0. The quantitative estimate of drug-likeness (QED) is 0.582. The maximum absolute atomic E-state index is 13.8. The molecule has 1 unspecified atom stereocenters. The van der Waals surface area contributed by atoms with E-state index in [2.05, 4.69) is 46.4 Å². The van der Waals surface area contributed by atoms with Gasteiger partial charge in [-0.2, -0.15) is 0 Å². The summed E-state index contributed by atoms with van der Waals surface area (Å²) < 4.78 is 13.8. The highest BCUT2D eigenvalue weighted by Crippen LogP contribution is 2.37. The molecule has 2 heteroatoms. The Hall–Kier alpha value is -0.110. The van der Waals surface area contributed by atoms with Crippen LogP contribution < -0.4 is 0 Å². The van der Waals surface area contributed by atoms with Crippen LogP contribution in [-0.4, -0.2) is 29.7 Å². The van der Waals surface area contributed by atoms with Gasteiger partial charge in [0.05, 0.1) is 0 Å². The Morgan fingerprint density at radius 3 is 1.71 bits per heavy atom. The second-order valence-electron chi connectivity index (χ2n) is 6.56. The third-order valence-corrected chi connectivity index (χ3v) is 3.31. The predicted octanol–water partition coefficient (Wildman–Crippen LogP) is 3.10. The fourth-order valence-corrected chi connectivity index (χ4v) is 2.13. The lowest BCUT2D eigenvalue weighted by Crippen LogP contribution is -2.40. The summed E-state index contributed by atoms with van der Waals surface area (Å²) in [5, 5.41) is 0. The number of hydrogen-bond acceptors (Lipinski definition) is 1. The second kappa shape index (κ2) is 3.48. The zero-order chi connectivity index (χ0) is 11.1. The molecule has 0 bridgehead atoms. The van der Waals surface area contributed by atoms with Gasteiger partial charge in [0.15, 0.2) is 0 Å². The lowest BCUT2D eigenvalue weighted by atomic mass is 9.79. The van der Waals surface area contributed by atoms with Crippen molar-refractivity contribution >= 4 is 0 Å². The van der Waals surface area contributed by atoms with Crippen LogP contribution in [0.15, 0.2) is 0 Å². The zero-order valence-corrected chi connectivity index (χ0v) is 10.4. The van der Waals surface area contributed by atoms with Crippen molar-refractivity contribution < 1.29 is 4.39 Å². The van der Waals surface area contributed by atoms with Crippen LogP contribution in [0.5, 0.6) is 0 Å². The fraction of sp³-hybridized carbons (Fsp3) is 1.00. The Morgan fingerprint density at radius 1 is 1.00 bits per heavy atom. The van der Waals surface area contributed by atoms with E-state index in [1.54, 1.807) is 0 Å². The molecule has 1 rings (SSSR count). The van der Waals surface area contributed by atoms with Gasteiger partial charge in [-0.25, -0.2) is 4.39 Å². The molecule has 0 N–H and O–H groups in total. The van der Waals surface area contributed by atoms with Gasteiger partial charge in [0.25, 0.3) is 0 Å². The highest BCUT2D eigenvalue weighted by molar-refractivity contribution is 4.94. The topological polar surface area (TPSA) is 3.24 Å². The van der Waals surface area contributed by atoms with Crippen LogP contribution in [0.3, 0.4) is 0 Å². The van der Waals surface area contributed by atoms with Crippen LogP contribution in [0.1, 0.15) is 41.5 Å². The van der Waals surface area contributed by atoms with E-state index in [1.807, 2.05) is 0 Å². The molecule has 0 spiro atoms. The van der Waals surface area contributed by atoms with Crippen molar-refractivity contribution in [1.82, 2.24) is 4.90 Å². The van der Waals surface area contributed by atoms with E-state index in [9.17, 15) is 4.39 Å². The van der Waals surface area contributed by atoms with Gasteiger partial charge in [0.2, 0.25) is 0 Å². The molecule has 1 fully saturated rings. The van der Waals surface area contributed by atoms with E-state index < -0.39 is 6.17 Å². The normalized spacial score (nSPS) is 31.1. The smallest absolute Gasteiger partial charge is 0.117 e. The zero-order valence-electron chi connectivity index (χ0n) is 10.4. The van der Waals surface area contributed by atoms with Gasteiger partial charge in [0, 0.05) is 24.5 Å². The van der Waals surface area contributed by atoms with E-state index in [1.165, 1.54) is 0 Å². The van der Waals surface area contributed by atoms with Crippen molar-refractivity contribution in [3.63, 3.8) is 0 Å². The van der Waals surface area contributed by atoms with Gasteiger partial charge in [-0.1, -0.05) is 20.8 Å². The van der Waals surface area contributed by atoms with Crippen LogP contribution in [0, 0.1) is 11.3 Å². The molecule has 1 saturated heterocycles.